The number of carbonyl (C=O) groups excluding carboxylic acids is 9. The van der Waals surface area contributed by atoms with Crippen molar-refractivity contribution in [3.8, 4) is 0 Å². The molecule has 0 saturated carbocycles. The standard InChI is InChI=1S/C67H95N9O15S/c1-15-42(6)60(74(12)66(84)58(40(2)3)72-65(83)59(41(4)5)73(10)11)52(89-13)38-57(80)75-36-22-25-51(75)61(90-14)43(7)63(81)70-45(9)62(47-23-18-16-19-24-47)91-67(85)48-29-27-46(28-30-48)44(8)68-39-69-64(82)50-32-31-49(37-53(50)92(86,87)88)71-54(77)26-20-17-21-35-76-55(78)33-34-56(76)79/h16,18-19,23-24,27-34,37,40-43,45,51-52,58-62H,15,17,20-22,25-26,35-36,38-39H2,1-14H3,(H,69,82)(H,70,81)(H,71,77)(H,72,83)(H,86,87,88)/t42-,43+,45+,51-,52+,58-,59?,60-,61+,62+/m0/s1. The Bertz CT molecular complexity index is 3220. The first-order valence-electron chi connectivity index (χ1n) is 31.4. The molecule has 3 aromatic carbocycles. The van der Waals surface area contributed by atoms with Crippen molar-refractivity contribution in [1.29, 1.82) is 0 Å². The quantitative estimate of drug-likeness (QED) is 0.0138. The van der Waals surface area contributed by atoms with Crippen LogP contribution in [-0.2, 0) is 57.9 Å². The molecule has 3 aromatic rings. The maximum atomic E-state index is 14.6. The Morgan fingerprint density at radius 3 is 2.01 bits per heavy atom. The van der Waals surface area contributed by atoms with E-state index < -0.39 is 98.7 Å². The molecule has 92 heavy (non-hydrogen) atoms. The minimum Gasteiger partial charge on any atom is -0.452 e. The van der Waals surface area contributed by atoms with Crippen molar-refractivity contribution in [2.45, 2.75) is 167 Å². The van der Waals surface area contributed by atoms with Gasteiger partial charge in [0, 0.05) is 64.3 Å². The summed E-state index contributed by atoms with van der Waals surface area (Å²) in [5.74, 6) is -5.07. The highest BCUT2D eigenvalue weighted by atomic mass is 32.2. The van der Waals surface area contributed by atoms with Crippen LogP contribution in [0.2, 0.25) is 0 Å². The summed E-state index contributed by atoms with van der Waals surface area (Å²) in [5, 5.41) is 11.2. The molecule has 0 aliphatic carbocycles. The van der Waals surface area contributed by atoms with Crippen LogP contribution < -0.4 is 21.3 Å². The van der Waals surface area contributed by atoms with E-state index in [9.17, 15) is 56.1 Å². The second-order valence-corrected chi connectivity index (χ2v) is 26.1. The van der Waals surface area contributed by atoms with Crippen molar-refractivity contribution in [2.24, 2.45) is 28.7 Å². The van der Waals surface area contributed by atoms with E-state index in [0.717, 1.165) is 17.0 Å². The number of unbranched alkanes of at least 4 members (excludes halogenated alkanes) is 2. The van der Waals surface area contributed by atoms with E-state index in [1.54, 1.807) is 74.0 Å². The Kier molecular flexibility index (Phi) is 28.4. The van der Waals surface area contributed by atoms with Gasteiger partial charge >= 0.3 is 5.97 Å². The SMILES string of the molecule is CC[C@H](C)[C@@H]([C@@H](CC(=O)N1CCC[C@H]1[C@H](OC)[C@@H](C)C(=O)N[C@H](C)[C@@H](OC(=O)c1ccc(C(C)=NCNC(=O)c2ccc(NC(=O)CCCCCN3C(=O)C=CC3=O)cc2S(=O)(=O)O)cc1)c1ccccc1)OC)N(C)C(=O)[C@@H](NC(=O)C(C(C)C)N(C)C)C(C)C. The minimum absolute atomic E-state index is 0.00425. The van der Waals surface area contributed by atoms with Crippen molar-refractivity contribution >= 4 is 74.7 Å². The van der Waals surface area contributed by atoms with Crippen LogP contribution in [0.1, 0.15) is 152 Å². The number of benzene rings is 3. The predicted octanol–water partition coefficient (Wildman–Crippen LogP) is 6.60. The number of likely N-dealkylation sites (tertiary alicyclic amines) is 1. The Morgan fingerprint density at radius 1 is 0.793 bits per heavy atom. The van der Waals surface area contributed by atoms with Crippen LogP contribution in [0.3, 0.4) is 0 Å². The summed E-state index contributed by atoms with van der Waals surface area (Å²) < 4.78 is 53.2. The van der Waals surface area contributed by atoms with Crippen molar-refractivity contribution in [1.82, 2.24) is 35.6 Å². The van der Waals surface area contributed by atoms with Gasteiger partial charge in [0.1, 0.15) is 23.7 Å². The van der Waals surface area contributed by atoms with E-state index in [-0.39, 0.29) is 84.6 Å². The number of rotatable bonds is 34. The van der Waals surface area contributed by atoms with Crippen LogP contribution in [0.5, 0.6) is 0 Å². The third-order valence-corrected chi connectivity index (χ3v) is 18.1. The third kappa shape index (κ3) is 20.1. The summed E-state index contributed by atoms with van der Waals surface area (Å²) in [4.78, 5) is 130. The van der Waals surface area contributed by atoms with Gasteiger partial charge in [0.25, 0.3) is 27.8 Å². The molecule has 5 rings (SSSR count). The molecule has 10 atom stereocenters. The number of hydrogen-bond donors (Lipinski definition) is 5. The fraction of sp³-hybridized carbons (Fsp3) is 0.552. The van der Waals surface area contributed by atoms with Crippen LogP contribution in [0.4, 0.5) is 5.69 Å². The van der Waals surface area contributed by atoms with Gasteiger partial charge in [0.15, 0.2) is 0 Å². The van der Waals surface area contributed by atoms with E-state index in [2.05, 4.69) is 26.3 Å². The zero-order valence-electron chi connectivity index (χ0n) is 55.6. The predicted molar refractivity (Wildman–Crippen MR) is 348 cm³/mol. The lowest BCUT2D eigenvalue weighted by Crippen LogP contribution is -2.59. The number of imide groups is 1. The number of esters is 1. The van der Waals surface area contributed by atoms with Crippen LogP contribution in [0, 0.1) is 23.7 Å². The average molecular weight is 1300 g/mol. The minimum atomic E-state index is -4.95. The Hall–Kier alpha value is -7.71. The smallest absolute Gasteiger partial charge is 0.338 e. The fourth-order valence-corrected chi connectivity index (χ4v) is 12.7. The zero-order valence-corrected chi connectivity index (χ0v) is 56.4. The number of ether oxygens (including phenoxy) is 3. The molecule has 8 amide bonds. The van der Waals surface area contributed by atoms with Gasteiger partial charge in [-0.3, -0.25) is 57.7 Å². The van der Waals surface area contributed by atoms with Gasteiger partial charge in [0.05, 0.1) is 59.8 Å². The van der Waals surface area contributed by atoms with Crippen molar-refractivity contribution in [3.63, 3.8) is 0 Å². The largest absolute Gasteiger partial charge is 0.452 e. The number of amides is 8. The number of anilines is 1. The van der Waals surface area contributed by atoms with Crippen molar-refractivity contribution < 1.29 is 70.3 Å². The Labute approximate surface area is 541 Å². The molecule has 1 unspecified atom stereocenters. The summed E-state index contributed by atoms with van der Waals surface area (Å²) in [6.07, 6.45) is 3.30. The van der Waals surface area contributed by atoms with E-state index in [1.165, 1.54) is 44.6 Å². The number of likely N-dealkylation sites (N-methyl/N-ethyl adjacent to an activating group) is 2. The molecule has 2 heterocycles. The first-order valence-corrected chi connectivity index (χ1v) is 32.9. The highest BCUT2D eigenvalue weighted by Gasteiger charge is 2.44. The van der Waals surface area contributed by atoms with E-state index in [1.807, 2.05) is 66.6 Å². The molecule has 24 nitrogen and oxygen atoms in total. The zero-order chi connectivity index (χ0) is 68.3. The Balaban J connectivity index is 1.20. The molecule has 0 spiro atoms. The van der Waals surface area contributed by atoms with Gasteiger partial charge < -0.3 is 45.3 Å². The summed E-state index contributed by atoms with van der Waals surface area (Å²) in [5.41, 5.74) is 1.42. The molecule has 0 bridgehead atoms. The van der Waals surface area contributed by atoms with Gasteiger partial charge in [0.2, 0.25) is 29.5 Å². The molecule has 1 fully saturated rings. The van der Waals surface area contributed by atoms with E-state index >= 15 is 0 Å². The normalized spacial score (nSPS) is 17.4. The summed E-state index contributed by atoms with van der Waals surface area (Å²) >= 11 is 0. The number of carbonyl (C=O) groups is 9. The fourth-order valence-electron chi connectivity index (χ4n) is 12.0. The van der Waals surface area contributed by atoms with Crippen molar-refractivity contribution in [3.05, 3.63) is 107 Å². The molecule has 0 aromatic heterocycles. The lowest BCUT2D eigenvalue weighted by molar-refractivity contribution is -0.148. The van der Waals surface area contributed by atoms with Crippen LogP contribution >= 0.6 is 0 Å². The topological polar surface area (TPSA) is 309 Å². The van der Waals surface area contributed by atoms with Crippen LogP contribution in [0.25, 0.3) is 0 Å². The average Bonchev–Trinajstić information content (AvgIpc) is 1.02. The van der Waals surface area contributed by atoms with E-state index in [0.29, 0.717) is 61.9 Å². The number of nitrogens with zero attached hydrogens (tertiary/aromatic N) is 5. The molecule has 0 radical (unpaired) electrons. The number of nitrogens with one attached hydrogen (secondary N) is 4. The monoisotopic (exact) mass is 1300 g/mol. The molecule has 5 N–H and O–H groups in total. The summed E-state index contributed by atoms with van der Waals surface area (Å²) in [6.45, 7) is 17.2. The molecule has 1 saturated heterocycles. The third-order valence-electron chi connectivity index (χ3n) is 17.2. The summed E-state index contributed by atoms with van der Waals surface area (Å²) in [7, 11) is 3.46. The van der Waals surface area contributed by atoms with E-state index in [4.69, 9.17) is 14.2 Å². The number of hydrogen-bond acceptors (Lipinski definition) is 16. The first-order chi connectivity index (χ1) is 43.4. The first kappa shape index (κ1) is 75.0. The van der Waals surface area contributed by atoms with Crippen molar-refractivity contribution in [2.75, 3.05) is 60.4 Å². The summed E-state index contributed by atoms with van der Waals surface area (Å²) in [6, 6.07) is 15.7. The second-order valence-electron chi connectivity index (χ2n) is 24.7. The van der Waals surface area contributed by atoms with Gasteiger partial charge in [-0.25, -0.2) is 4.79 Å². The van der Waals surface area contributed by atoms with Gasteiger partial charge in [-0.15, -0.1) is 0 Å². The lowest BCUT2D eigenvalue weighted by atomic mass is 9.89. The molecule has 2 aliphatic heterocycles. The molecular weight excluding hydrogens is 1200 g/mol. The van der Waals surface area contributed by atoms with Crippen LogP contribution in [0.15, 0.2) is 94.8 Å². The van der Waals surface area contributed by atoms with Gasteiger partial charge in [-0.05, 0) is 113 Å². The highest BCUT2D eigenvalue weighted by Crippen LogP contribution is 2.31. The van der Waals surface area contributed by atoms with Gasteiger partial charge in [-0.1, -0.05) is 104 Å². The van der Waals surface area contributed by atoms with Crippen LogP contribution in [-0.4, -0.2) is 189 Å². The molecular formula is C67H95N9O15S. The Morgan fingerprint density at radius 2 is 1.43 bits per heavy atom. The molecule has 504 valence electrons. The molecule has 25 heteroatoms. The molecule has 2 aliphatic rings. The number of aliphatic imine (C=N–C) groups is 1. The van der Waals surface area contributed by atoms with Gasteiger partial charge in [-0.2, -0.15) is 8.42 Å². The maximum absolute atomic E-state index is 14.6. The lowest BCUT2D eigenvalue weighted by Gasteiger charge is -2.41. The second kappa shape index (κ2) is 34.8. The maximum Gasteiger partial charge on any atom is 0.338 e. The number of methoxy groups -OCH3 is 2. The highest BCUT2D eigenvalue weighted by molar-refractivity contribution is 7.86.